The van der Waals surface area contributed by atoms with Gasteiger partial charge < -0.3 is 24.6 Å². The van der Waals surface area contributed by atoms with Crippen LogP contribution >= 0.6 is 0 Å². The zero-order chi connectivity index (χ0) is 33.2. The van der Waals surface area contributed by atoms with Gasteiger partial charge in [0.1, 0.15) is 34.2 Å². The third-order valence-corrected chi connectivity index (χ3v) is 11.0. The lowest BCUT2D eigenvalue weighted by Crippen LogP contribution is -2.52. The summed E-state index contributed by atoms with van der Waals surface area (Å²) in [5.41, 5.74) is -0.494. The molecule has 11 heteroatoms. The average Bonchev–Trinajstić information content (AvgIpc) is 3.85. The number of rotatable bonds is 7. The number of ether oxygens (including phenoxy) is 2. The van der Waals surface area contributed by atoms with E-state index in [-0.39, 0.29) is 47.1 Å². The van der Waals surface area contributed by atoms with Crippen LogP contribution in [-0.2, 0) is 11.2 Å². The first-order valence-corrected chi connectivity index (χ1v) is 17.4. The number of benzene rings is 2. The minimum Gasteiger partial charge on any atom is -0.508 e. The Morgan fingerprint density at radius 1 is 1.08 bits per heavy atom. The van der Waals surface area contributed by atoms with Crippen molar-refractivity contribution in [3.05, 3.63) is 47.7 Å². The van der Waals surface area contributed by atoms with Gasteiger partial charge in [-0.2, -0.15) is 9.97 Å². The number of piperidine rings is 1. The third-order valence-electron chi connectivity index (χ3n) is 11.0. The van der Waals surface area contributed by atoms with Crippen molar-refractivity contribution < 1.29 is 28.5 Å². The van der Waals surface area contributed by atoms with Crippen LogP contribution in [0.2, 0.25) is 0 Å². The number of aromatic hydroxyl groups is 1. The molecule has 0 spiro atoms. The standard InChI is InChI=1S/C37H43F2N5O4/c1-3-25-28(38)10-7-22-16-24(45)17-26(30(22)25)32-31(39)33-27(18-40-32)34(43-14-15-47-20-36(2,46)19-43)42-35(41-33)48-21-37-11-4-6-29(37)44(13-5-12-37)23-8-9-23/h7,10,16-18,23,29,45-46H,3-6,8-9,11-15,19-21H2,1-2H3/t29-,36+,37-/m1/s1. The van der Waals surface area contributed by atoms with Gasteiger partial charge in [0.25, 0.3) is 0 Å². The summed E-state index contributed by atoms with van der Waals surface area (Å²) in [6, 6.07) is 7.14. The minimum atomic E-state index is -1.16. The van der Waals surface area contributed by atoms with Crippen LogP contribution in [0.5, 0.6) is 11.8 Å². The van der Waals surface area contributed by atoms with Crippen molar-refractivity contribution in [2.75, 3.05) is 44.4 Å². The largest absolute Gasteiger partial charge is 0.508 e. The predicted molar refractivity (Wildman–Crippen MR) is 179 cm³/mol. The Morgan fingerprint density at radius 2 is 1.92 bits per heavy atom. The van der Waals surface area contributed by atoms with E-state index in [9.17, 15) is 10.2 Å². The molecule has 0 radical (unpaired) electrons. The van der Waals surface area contributed by atoms with Crippen molar-refractivity contribution in [3.8, 4) is 23.0 Å². The molecule has 2 aliphatic carbocycles. The van der Waals surface area contributed by atoms with Gasteiger partial charge in [0.2, 0.25) is 0 Å². The van der Waals surface area contributed by atoms with Crippen molar-refractivity contribution >= 4 is 27.5 Å². The van der Waals surface area contributed by atoms with Crippen LogP contribution in [0, 0.1) is 17.0 Å². The molecule has 4 fully saturated rings. The second kappa shape index (κ2) is 12.0. The third kappa shape index (κ3) is 5.53. The van der Waals surface area contributed by atoms with Gasteiger partial charge >= 0.3 is 6.01 Å². The number of phenolic OH excluding ortho intramolecular Hbond substituents is 1. The topological polar surface area (TPSA) is 104 Å². The summed E-state index contributed by atoms with van der Waals surface area (Å²) in [4.78, 5) is 18.7. The Balaban J connectivity index is 1.25. The molecule has 2 N–H and O–H groups in total. The summed E-state index contributed by atoms with van der Waals surface area (Å²) in [6.07, 6.45) is 10.0. The van der Waals surface area contributed by atoms with E-state index in [2.05, 4.69) is 14.9 Å². The first-order valence-electron chi connectivity index (χ1n) is 17.4. The molecular formula is C37H43F2N5O4. The first kappa shape index (κ1) is 31.6. The Hall–Kier alpha value is -3.67. The number of aromatic nitrogens is 3. The van der Waals surface area contributed by atoms with Crippen LogP contribution in [0.3, 0.4) is 0 Å². The van der Waals surface area contributed by atoms with Crippen molar-refractivity contribution in [1.29, 1.82) is 0 Å². The second-order valence-electron chi connectivity index (χ2n) is 14.6. The molecule has 4 aromatic rings. The van der Waals surface area contributed by atoms with E-state index in [1.165, 1.54) is 31.2 Å². The summed E-state index contributed by atoms with van der Waals surface area (Å²) in [6.45, 7) is 6.27. The molecule has 2 saturated heterocycles. The predicted octanol–water partition coefficient (Wildman–Crippen LogP) is 6.15. The maximum Gasteiger partial charge on any atom is 0.319 e. The Bertz CT molecular complexity index is 1880. The number of aryl methyl sites for hydroxylation is 1. The van der Waals surface area contributed by atoms with Gasteiger partial charge in [-0.3, -0.25) is 9.88 Å². The van der Waals surface area contributed by atoms with Gasteiger partial charge in [-0.25, -0.2) is 8.78 Å². The minimum absolute atomic E-state index is 0.00247. The fourth-order valence-electron chi connectivity index (χ4n) is 8.72. The van der Waals surface area contributed by atoms with E-state index in [0.29, 0.717) is 65.8 Å². The van der Waals surface area contributed by atoms with Crippen LogP contribution in [0.15, 0.2) is 30.5 Å². The van der Waals surface area contributed by atoms with Crippen molar-refractivity contribution in [1.82, 2.24) is 19.9 Å². The molecule has 2 saturated carbocycles. The summed E-state index contributed by atoms with van der Waals surface area (Å²) in [5.74, 6) is -0.791. The van der Waals surface area contributed by atoms with Crippen molar-refractivity contribution in [2.24, 2.45) is 5.41 Å². The fourth-order valence-corrected chi connectivity index (χ4v) is 8.72. The monoisotopic (exact) mass is 659 g/mol. The number of likely N-dealkylation sites (tertiary alicyclic amines) is 1. The Morgan fingerprint density at radius 3 is 2.73 bits per heavy atom. The van der Waals surface area contributed by atoms with Gasteiger partial charge in [0.15, 0.2) is 5.82 Å². The Labute approximate surface area is 278 Å². The number of phenols is 1. The molecule has 4 heterocycles. The lowest BCUT2D eigenvalue weighted by Gasteiger charge is -2.46. The fraction of sp³-hybridized carbons (Fsp3) is 0.541. The smallest absolute Gasteiger partial charge is 0.319 e. The van der Waals surface area contributed by atoms with Crippen molar-refractivity contribution in [3.63, 3.8) is 0 Å². The number of hydrogen-bond acceptors (Lipinski definition) is 9. The zero-order valence-electron chi connectivity index (χ0n) is 27.6. The number of β-amino-alcohol motifs (C(OH)–C–C–N with tert-alkyl or cyclic N) is 1. The molecule has 0 unspecified atom stereocenters. The molecule has 9 nitrogen and oxygen atoms in total. The zero-order valence-corrected chi connectivity index (χ0v) is 27.6. The molecule has 254 valence electrons. The highest BCUT2D eigenvalue weighted by Gasteiger charge is 2.51. The van der Waals surface area contributed by atoms with E-state index in [1.807, 2.05) is 11.8 Å². The number of hydrogen-bond donors (Lipinski definition) is 2. The maximum absolute atomic E-state index is 17.0. The van der Waals surface area contributed by atoms with Crippen LogP contribution in [0.1, 0.15) is 64.4 Å². The number of fused-ring (bicyclic) bond motifs is 3. The van der Waals surface area contributed by atoms with Gasteiger partial charge in [0, 0.05) is 35.8 Å². The number of halogens is 2. The number of anilines is 1. The highest BCUT2D eigenvalue weighted by molar-refractivity contribution is 6.01. The lowest BCUT2D eigenvalue weighted by molar-refractivity contribution is -0.0123. The van der Waals surface area contributed by atoms with Gasteiger partial charge in [-0.05, 0) is 92.9 Å². The highest BCUT2D eigenvalue weighted by Crippen LogP contribution is 2.51. The molecule has 2 aromatic heterocycles. The van der Waals surface area contributed by atoms with Crippen LogP contribution in [0.4, 0.5) is 14.6 Å². The lowest BCUT2D eigenvalue weighted by atomic mass is 9.75. The molecule has 2 aliphatic heterocycles. The normalized spacial score (nSPS) is 26.6. The van der Waals surface area contributed by atoms with Crippen LogP contribution in [0.25, 0.3) is 32.9 Å². The van der Waals surface area contributed by atoms with Gasteiger partial charge in [0.05, 0.1) is 31.8 Å². The number of aliphatic hydroxyl groups is 1. The van der Waals surface area contributed by atoms with E-state index in [0.717, 1.165) is 38.6 Å². The molecule has 0 amide bonds. The highest BCUT2D eigenvalue weighted by atomic mass is 19.1. The van der Waals surface area contributed by atoms with Crippen LogP contribution < -0.4 is 9.64 Å². The summed E-state index contributed by atoms with van der Waals surface area (Å²) in [5, 5.41) is 23.1. The molecule has 48 heavy (non-hydrogen) atoms. The Kier molecular flexibility index (Phi) is 7.92. The van der Waals surface area contributed by atoms with E-state index < -0.39 is 17.2 Å². The number of pyridine rings is 1. The maximum atomic E-state index is 17.0. The van der Waals surface area contributed by atoms with Gasteiger partial charge in [-0.15, -0.1) is 0 Å². The quantitative estimate of drug-likeness (QED) is 0.242. The molecule has 8 rings (SSSR count). The van der Waals surface area contributed by atoms with E-state index >= 15 is 8.78 Å². The van der Waals surface area contributed by atoms with E-state index in [4.69, 9.17) is 14.5 Å². The average molecular weight is 660 g/mol. The molecule has 0 bridgehead atoms. The van der Waals surface area contributed by atoms with Crippen molar-refractivity contribution in [2.45, 2.75) is 82.9 Å². The number of nitrogens with zero attached hydrogens (tertiary/aromatic N) is 5. The second-order valence-corrected chi connectivity index (χ2v) is 14.6. The molecule has 3 atom stereocenters. The molecule has 2 aromatic carbocycles. The summed E-state index contributed by atoms with van der Waals surface area (Å²) < 4.78 is 44.2. The van der Waals surface area contributed by atoms with Crippen LogP contribution in [-0.4, -0.2) is 87.2 Å². The first-order chi connectivity index (χ1) is 23.2. The SMILES string of the molecule is CCc1c(F)ccc2cc(O)cc(-c3ncc4c(N5CCOC[C@@](C)(O)C5)nc(OC[C@]56CCC[C@H]5N(C5CC5)CCC6)nc4c3F)c12. The summed E-state index contributed by atoms with van der Waals surface area (Å²) in [7, 11) is 0. The summed E-state index contributed by atoms with van der Waals surface area (Å²) >= 11 is 0. The van der Waals surface area contributed by atoms with Gasteiger partial charge in [-0.1, -0.05) is 19.4 Å². The molecular weight excluding hydrogens is 616 g/mol. The molecule has 4 aliphatic rings. The van der Waals surface area contributed by atoms with E-state index in [1.54, 1.807) is 19.1 Å².